The second-order valence-corrected chi connectivity index (χ2v) is 5.89. The molecule has 2 aromatic rings. The molecular weight excluding hydrogens is 372 g/mol. The summed E-state index contributed by atoms with van der Waals surface area (Å²) in [5.41, 5.74) is 0.988. The highest BCUT2D eigenvalue weighted by molar-refractivity contribution is 6.30. The Morgan fingerprint density at radius 3 is 2.52 bits per heavy atom. The van der Waals surface area contributed by atoms with E-state index < -0.39 is 5.97 Å². The number of halogens is 1. The molecule has 0 saturated heterocycles. The highest BCUT2D eigenvalue weighted by atomic mass is 35.5. The third-order valence-electron chi connectivity index (χ3n) is 3.45. The Morgan fingerprint density at radius 2 is 1.81 bits per heavy atom. The lowest BCUT2D eigenvalue weighted by molar-refractivity contribution is -0.142. The number of hydrogen-bond acceptors (Lipinski definition) is 5. The lowest BCUT2D eigenvalue weighted by atomic mass is 10.2. The smallest absolute Gasteiger partial charge is 0.343 e. The van der Waals surface area contributed by atoms with Crippen molar-refractivity contribution in [2.24, 2.45) is 0 Å². The van der Waals surface area contributed by atoms with E-state index in [9.17, 15) is 14.4 Å². The molecule has 0 atom stereocenters. The highest BCUT2D eigenvalue weighted by Gasteiger charge is 2.08. The molecule has 0 heterocycles. The number of esters is 1. The minimum atomic E-state index is -0.499. The summed E-state index contributed by atoms with van der Waals surface area (Å²) in [4.78, 5) is 35.0. The molecule has 27 heavy (non-hydrogen) atoms. The molecule has 2 amide bonds. The molecule has 0 fully saturated rings. The van der Waals surface area contributed by atoms with Crippen LogP contribution in [-0.2, 0) is 14.3 Å². The van der Waals surface area contributed by atoms with Crippen LogP contribution in [-0.4, -0.2) is 38.0 Å². The summed E-state index contributed by atoms with van der Waals surface area (Å²) in [5.74, 6) is -0.621. The second-order valence-electron chi connectivity index (χ2n) is 5.45. The predicted molar refractivity (Wildman–Crippen MR) is 101 cm³/mol. The number of rotatable bonds is 8. The first-order valence-electron chi connectivity index (χ1n) is 8.11. The first-order chi connectivity index (χ1) is 13.0. The number of nitrogens with one attached hydrogen (secondary N) is 2. The molecule has 2 aromatic carbocycles. The Balaban J connectivity index is 1.77. The fraction of sp³-hybridized carbons (Fsp3) is 0.211. The van der Waals surface area contributed by atoms with Crippen LogP contribution < -0.4 is 15.4 Å². The van der Waals surface area contributed by atoms with Crippen molar-refractivity contribution in [1.82, 2.24) is 5.32 Å². The van der Waals surface area contributed by atoms with Gasteiger partial charge in [-0.05, 0) is 36.4 Å². The SMILES string of the molecule is COC(=O)COc1cccc(NC(=O)CCNC(=O)c2ccc(Cl)cc2)c1. The highest BCUT2D eigenvalue weighted by Crippen LogP contribution is 2.17. The van der Waals surface area contributed by atoms with Crippen molar-refractivity contribution in [3.05, 3.63) is 59.1 Å². The van der Waals surface area contributed by atoms with Crippen LogP contribution in [0.25, 0.3) is 0 Å². The van der Waals surface area contributed by atoms with E-state index in [0.717, 1.165) is 0 Å². The van der Waals surface area contributed by atoms with Gasteiger partial charge < -0.3 is 20.1 Å². The van der Waals surface area contributed by atoms with Crippen LogP contribution in [0.1, 0.15) is 16.8 Å². The van der Waals surface area contributed by atoms with Crippen molar-refractivity contribution in [1.29, 1.82) is 0 Å². The zero-order valence-electron chi connectivity index (χ0n) is 14.7. The molecule has 7 nitrogen and oxygen atoms in total. The molecule has 0 saturated carbocycles. The molecule has 142 valence electrons. The number of benzene rings is 2. The number of carbonyl (C=O) groups excluding carboxylic acids is 3. The molecule has 8 heteroatoms. The summed E-state index contributed by atoms with van der Waals surface area (Å²) in [5, 5.41) is 5.91. The third-order valence-corrected chi connectivity index (χ3v) is 3.70. The lowest BCUT2D eigenvalue weighted by Gasteiger charge is -2.09. The number of anilines is 1. The number of amides is 2. The standard InChI is InChI=1S/C19H19ClN2O5/c1-26-18(24)12-27-16-4-2-3-15(11-16)22-17(23)9-10-21-19(25)13-5-7-14(20)8-6-13/h2-8,11H,9-10,12H2,1H3,(H,21,25)(H,22,23). The molecule has 0 unspecified atom stereocenters. The molecule has 2 N–H and O–H groups in total. The summed E-state index contributed by atoms with van der Waals surface area (Å²) in [6.07, 6.45) is 0.104. The number of methoxy groups -OCH3 is 1. The van der Waals surface area contributed by atoms with E-state index in [1.807, 2.05) is 0 Å². The maximum absolute atomic E-state index is 12.0. The minimum absolute atomic E-state index is 0.104. The largest absolute Gasteiger partial charge is 0.482 e. The number of hydrogen-bond donors (Lipinski definition) is 2. The zero-order valence-corrected chi connectivity index (χ0v) is 15.4. The van der Waals surface area contributed by atoms with E-state index in [4.69, 9.17) is 16.3 Å². The van der Waals surface area contributed by atoms with Gasteiger partial charge in [-0.2, -0.15) is 0 Å². The summed E-state index contributed by atoms with van der Waals surface area (Å²) in [6.45, 7) is -0.0313. The normalized spacial score (nSPS) is 10.0. The van der Waals surface area contributed by atoms with E-state index >= 15 is 0 Å². The molecule has 0 bridgehead atoms. The summed E-state index contributed by atoms with van der Waals surface area (Å²) < 4.78 is 9.75. The Kier molecular flexibility index (Phi) is 7.63. The molecule has 0 aliphatic heterocycles. The van der Waals surface area contributed by atoms with Crippen LogP contribution in [0.4, 0.5) is 5.69 Å². The maximum atomic E-state index is 12.0. The van der Waals surface area contributed by atoms with Gasteiger partial charge in [0.25, 0.3) is 5.91 Å². The molecule has 0 aliphatic rings. The van der Waals surface area contributed by atoms with Crippen molar-refractivity contribution in [2.45, 2.75) is 6.42 Å². The van der Waals surface area contributed by atoms with E-state index in [0.29, 0.717) is 22.0 Å². The molecule has 2 rings (SSSR count). The quantitative estimate of drug-likeness (QED) is 0.676. The average molecular weight is 391 g/mol. The number of carbonyl (C=O) groups is 3. The summed E-state index contributed by atoms with van der Waals surface area (Å²) in [6, 6.07) is 13.1. The predicted octanol–water partition coefficient (Wildman–Crippen LogP) is 2.65. The first kappa shape index (κ1) is 20.3. The average Bonchev–Trinajstić information content (AvgIpc) is 2.66. The first-order valence-corrected chi connectivity index (χ1v) is 8.49. The van der Waals surface area contributed by atoms with E-state index in [2.05, 4.69) is 15.4 Å². The van der Waals surface area contributed by atoms with Crippen molar-refractivity contribution in [3.63, 3.8) is 0 Å². The fourth-order valence-electron chi connectivity index (χ4n) is 2.08. The number of ether oxygens (including phenoxy) is 2. The van der Waals surface area contributed by atoms with E-state index in [1.165, 1.54) is 7.11 Å². The summed E-state index contributed by atoms with van der Waals surface area (Å²) >= 11 is 5.78. The zero-order chi connectivity index (χ0) is 19.6. The van der Waals surface area contributed by atoms with Gasteiger partial charge in [0.05, 0.1) is 7.11 Å². The Hall–Kier alpha value is -3.06. The van der Waals surface area contributed by atoms with Crippen LogP contribution in [0, 0.1) is 0 Å². The van der Waals surface area contributed by atoms with Crippen LogP contribution in [0.5, 0.6) is 5.75 Å². The van der Waals surface area contributed by atoms with Gasteiger partial charge in [-0.15, -0.1) is 0 Å². The Morgan fingerprint density at radius 1 is 1.07 bits per heavy atom. The van der Waals surface area contributed by atoms with Crippen molar-refractivity contribution in [3.8, 4) is 5.75 Å². The van der Waals surface area contributed by atoms with Gasteiger partial charge >= 0.3 is 5.97 Å². The lowest BCUT2D eigenvalue weighted by Crippen LogP contribution is -2.27. The maximum Gasteiger partial charge on any atom is 0.343 e. The van der Waals surface area contributed by atoms with Crippen molar-refractivity contribution in [2.75, 3.05) is 25.6 Å². The van der Waals surface area contributed by atoms with Crippen LogP contribution in [0.15, 0.2) is 48.5 Å². The molecule has 0 aromatic heterocycles. The molecule has 0 spiro atoms. The topological polar surface area (TPSA) is 93.7 Å². The van der Waals surface area contributed by atoms with Gasteiger partial charge in [-0.1, -0.05) is 17.7 Å². The monoisotopic (exact) mass is 390 g/mol. The molecular formula is C19H19ClN2O5. The minimum Gasteiger partial charge on any atom is -0.482 e. The molecule has 0 radical (unpaired) electrons. The van der Waals surface area contributed by atoms with Gasteiger partial charge in [0.1, 0.15) is 5.75 Å². The fourth-order valence-corrected chi connectivity index (χ4v) is 2.21. The van der Waals surface area contributed by atoms with E-state index in [1.54, 1.807) is 48.5 Å². The van der Waals surface area contributed by atoms with E-state index in [-0.39, 0.29) is 31.4 Å². The van der Waals surface area contributed by atoms with Gasteiger partial charge in [-0.25, -0.2) is 4.79 Å². The van der Waals surface area contributed by atoms with Crippen molar-refractivity contribution < 1.29 is 23.9 Å². The second kappa shape index (κ2) is 10.2. The van der Waals surface area contributed by atoms with Gasteiger partial charge in [-0.3, -0.25) is 9.59 Å². The van der Waals surface area contributed by atoms with Crippen molar-refractivity contribution >= 4 is 35.1 Å². The summed E-state index contributed by atoms with van der Waals surface area (Å²) in [7, 11) is 1.27. The molecule has 0 aliphatic carbocycles. The van der Waals surface area contributed by atoms with Crippen LogP contribution in [0.2, 0.25) is 5.02 Å². The Bertz CT molecular complexity index is 808. The van der Waals surface area contributed by atoms with Crippen LogP contribution >= 0.6 is 11.6 Å². The van der Waals surface area contributed by atoms with Gasteiger partial charge in [0, 0.05) is 35.3 Å². The van der Waals surface area contributed by atoms with Crippen LogP contribution in [0.3, 0.4) is 0 Å². The van der Waals surface area contributed by atoms with Gasteiger partial charge in [0.15, 0.2) is 6.61 Å². The Labute approximate surface area is 161 Å². The van der Waals surface area contributed by atoms with Gasteiger partial charge in [0.2, 0.25) is 5.91 Å². The third kappa shape index (κ3) is 6.99.